The van der Waals surface area contributed by atoms with Gasteiger partial charge in [0.1, 0.15) is 16.9 Å². The number of nitrogens with one attached hydrogen (secondary N) is 1. The van der Waals surface area contributed by atoms with Gasteiger partial charge in [-0.2, -0.15) is 0 Å². The summed E-state index contributed by atoms with van der Waals surface area (Å²) in [5, 5.41) is 7.63. The Morgan fingerprint density at radius 1 is 1.15 bits per heavy atom. The summed E-state index contributed by atoms with van der Waals surface area (Å²) in [5.74, 6) is -1.56. The first-order chi connectivity index (χ1) is 12.3. The molecule has 2 amide bonds. The van der Waals surface area contributed by atoms with Gasteiger partial charge in [0.15, 0.2) is 10.8 Å². The average Bonchev–Trinajstić information content (AvgIpc) is 2.86. The number of amides is 2. The van der Waals surface area contributed by atoms with E-state index in [1.807, 2.05) is 0 Å². The van der Waals surface area contributed by atoms with E-state index >= 15 is 0 Å². The molecule has 1 aromatic heterocycles. The van der Waals surface area contributed by atoms with E-state index < -0.39 is 35.8 Å². The Labute approximate surface area is 161 Å². The number of nitrogens with two attached hydrogens (primary N) is 1. The van der Waals surface area contributed by atoms with Gasteiger partial charge in [-0.05, 0) is 41.5 Å². The van der Waals surface area contributed by atoms with Crippen molar-refractivity contribution < 1.29 is 28.7 Å². The van der Waals surface area contributed by atoms with E-state index in [-0.39, 0.29) is 16.5 Å². The molecule has 0 spiro atoms. The second-order valence-electron chi connectivity index (χ2n) is 7.33. The van der Waals surface area contributed by atoms with Crippen molar-refractivity contribution >= 4 is 40.1 Å². The summed E-state index contributed by atoms with van der Waals surface area (Å²) < 4.78 is 10.2. The first kappa shape index (κ1) is 22.4. The number of oxime groups is 1. The van der Waals surface area contributed by atoms with Crippen LogP contribution in [0.25, 0.3) is 0 Å². The lowest BCUT2D eigenvalue weighted by Crippen LogP contribution is -2.28. The summed E-state index contributed by atoms with van der Waals surface area (Å²) in [5.41, 5.74) is 3.71. The number of ether oxygens (including phenoxy) is 2. The Bertz CT molecular complexity index is 730. The van der Waals surface area contributed by atoms with Crippen molar-refractivity contribution in [2.75, 3.05) is 11.9 Å². The van der Waals surface area contributed by atoms with E-state index in [1.54, 1.807) is 41.5 Å². The maximum Gasteiger partial charge on any atom is 0.413 e. The molecular weight excluding hydrogens is 376 g/mol. The Kier molecular flexibility index (Phi) is 7.28. The van der Waals surface area contributed by atoms with Crippen molar-refractivity contribution in [3.63, 3.8) is 0 Å². The molecule has 0 saturated carbocycles. The largest absolute Gasteiger partial charge is 0.457 e. The van der Waals surface area contributed by atoms with E-state index in [0.717, 1.165) is 11.3 Å². The van der Waals surface area contributed by atoms with Gasteiger partial charge < -0.3 is 20.0 Å². The molecule has 150 valence electrons. The molecule has 3 N–H and O–H groups in total. The first-order valence-electron chi connectivity index (χ1n) is 7.94. The van der Waals surface area contributed by atoms with E-state index in [0.29, 0.717) is 0 Å². The SMILES string of the molecule is CC(C)(C)OC(=O)CO/N=C(\C(N)=O)c1csc(NC(=O)OC(C)(C)C)n1. The number of hydrogen-bond acceptors (Lipinski definition) is 9. The van der Waals surface area contributed by atoms with Crippen LogP contribution in [-0.2, 0) is 23.9 Å². The molecule has 11 heteroatoms. The Hall–Kier alpha value is -2.69. The molecule has 0 aromatic carbocycles. The highest BCUT2D eigenvalue weighted by atomic mass is 32.1. The molecule has 0 aliphatic heterocycles. The van der Waals surface area contributed by atoms with E-state index in [4.69, 9.17) is 20.0 Å². The summed E-state index contributed by atoms with van der Waals surface area (Å²) in [4.78, 5) is 43.8. The maximum absolute atomic E-state index is 11.7. The highest BCUT2D eigenvalue weighted by Gasteiger charge is 2.21. The molecule has 1 aromatic rings. The van der Waals surface area contributed by atoms with Crippen LogP contribution in [-0.4, -0.2) is 46.5 Å². The zero-order chi connectivity index (χ0) is 20.8. The monoisotopic (exact) mass is 400 g/mol. The van der Waals surface area contributed by atoms with Crippen LogP contribution in [0.2, 0.25) is 0 Å². The highest BCUT2D eigenvalue weighted by molar-refractivity contribution is 7.14. The third-order valence-corrected chi connectivity index (χ3v) is 3.10. The molecule has 0 aliphatic carbocycles. The first-order valence-corrected chi connectivity index (χ1v) is 8.82. The topological polar surface area (TPSA) is 142 Å². The van der Waals surface area contributed by atoms with Gasteiger partial charge in [-0.25, -0.2) is 14.6 Å². The Balaban J connectivity index is 2.76. The molecule has 0 atom stereocenters. The zero-order valence-corrected chi connectivity index (χ0v) is 16.9. The molecule has 0 saturated heterocycles. The van der Waals surface area contributed by atoms with Crippen LogP contribution in [0.15, 0.2) is 10.5 Å². The number of aromatic nitrogens is 1. The number of carbonyl (C=O) groups is 3. The van der Waals surface area contributed by atoms with Gasteiger partial charge in [-0.1, -0.05) is 5.16 Å². The summed E-state index contributed by atoms with van der Waals surface area (Å²) in [6.45, 7) is 9.78. The predicted molar refractivity (Wildman–Crippen MR) is 99.5 cm³/mol. The van der Waals surface area contributed by atoms with Crippen molar-refractivity contribution in [2.24, 2.45) is 10.9 Å². The lowest BCUT2D eigenvalue weighted by Gasteiger charge is -2.18. The van der Waals surface area contributed by atoms with Crippen LogP contribution >= 0.6 is 11.3 Å². The summed E-state index contributed by atoms with van der Waals surface area (Å²) in [7, 11) is 0. The molecule has 1 heterocycles. The predicted octanol–water partition coefficient (Wildman–Crippen LogP) is 2.04. The van der Waals surface area contributed by atoms with Crippen LogP contribution in [0.5, 0.6) is 0 Å². The molecular formula is C16H24N4O6S. The van der Waals surface area contributed by atoms with Gasteiger partial charge in [0, 0.05) is 5.38 Å². The van der Waals surface area contributed by atoms with Gasteiger partial charge >= 0.3 is 12.1 Å². The van der Waals surface area contributed by atoms with Gasteiger partial charge in [0.2, 0.25) is 6.61 Å². The van der Waals surface area contributed by atoms with Gasteiger partial charge in [0.05, 0.1) is 0 Å². The number of esters is 1. The van der Waals surface area contributed by atoms with Gasteiger partial charge in [-0.3, -0.25) is 10.1 Å². The van der Waals surface area contributed by atoms with Crippen molar-refractivity contribution in [1.29, 1.82) is 0 Å². The van der Waals surface area contributed by atoms with E-state index in [9.17, 15) is 14.4 Å². The van der Waals surface area contributed by atoms with Crippen LogP contribution in [0.1, 0.15) is 47.2 Å². The summed E-state index contributed by atoms with van der Waals surface area (Å²) in [6, 6.07) is 0. The molecule has 0 radical (unpaired) electrons. The standard InChI is InChI=1S/C16H24N4O6S/c1-15(2,3)25-10(21)7-24-20-11(12(17)22)9-8-27-13(18-9)19-14(23)26-16(4,5)6/h8H,7H2,1-6H3,(H2,17,22)(H,18,19,23)/b20-11-. The molecule has 27 heavy (non-hydrogen) atoms. The smallest absolute Gasteiger partial charge is 0.413 e. The van der Waals surface area contributed by atoms with Crippen molar-refractivity contribution in [3.8, 4) is 0 Å². The van der Waals surface area contributed by atoms with Gasteiger partial charge in [0.25, 0.3) is 5.91 Å². The Morgan fingerprint density at radius 3 is 2.26 bits per heavy atom. The van der Waals surface area contributed by atoms with E-state index in [2.05, 4.69) is 15.5 Å². The minimum absolute atomic E-state index is 0.0859. The highest BCUT2D eigenvalue weighted by Crippen LogP contribution is 2.18. The second-order valence-corrected chi connectivity index (χ2v) is 8.19. The minimum atomic E-state index is -0.909. The Morgan fingerprint density at radius 2 is 1.74 bits per heavy atom. The fraction of sp³-hybridized carbons (Fsp3) is 0.562. The normalized spacial score (nSPS) is 12.3. The van der Waals surface area contributed by atoms with Crippen LogP contribution in [0.3, 0.4) is 0 Å². The van der Waals surface area contributed by atoms with Crippen LogP contribution < -0.4 is 11.1 Å². The zero-order valence-electron chi connectivity index (χ0n) is 16.1. The molecule has 1 rings (SSSR count). The number of rotatable bonds is 6. The lowest BCUT2D eigenvalue weighted by molar-refractivity contribution is -0.160. The second kappa shape index (κ2) is 8.80. The summed E-state index contributed by atoms with van der Waals surface area (Å²) in [6.07, 6.45) is -0.692. The molecule has 0 bridgehead atoms. The fourth-order valence-electron chi connectivity index (χ4n) is 1.57. The maximum atomic E-state index is 11.7. The van der Waals surface area contributed by atoms with Crippen LogP contribution in [0, 0.1) is 0 Å². The van der Waals surface area contributed by atoms with Gasteiger partial charge in [-0.15, -0.1) is 11.3 Å². The number of nitrogens with zero attached hydrogens (tertiary/aromatic N) is 2. The van der Waals surface area contributed by atoms with Crippen LogP contribution in [0.4, 0.5) is 9.93 Å². The number of anilines is 1. The van der Waals surface area contributed by atoms with Crippen molar-refractivity contribution in [1.82, 2.24) is 4.98 Å². The average molecular weight is 400 g/mol. The number of thiazole rings is 1. The van der Waals surface area contributed by atoms with Crippen molar-refractivity contribution in [3.05, 3.63) is 11.1 Å². The quantitative estimate of drug-likeness (QED) is 0.422. The fourth-order valence-corrected chi connectivity index (χ4v) is 2.25. The number of carbonyl (C=O) groups excluding carboxylic acids is 3. The molecule has 10 nitrogen and oxygen atoms in total. The number of primary amides is 1. The minimum Gasteiger partial charge on any atom is -0.457 e. The van der Waals surface area contributed by atoms with E-state index in [1.165, 1.54) is 5.38 Å². The number of hydrogen-bond donors (Lipinski definition) is 2. The third-order valence-electron chi connectivity index (χ3n) is 2.35. The summed E-state index contributed by atoms with van der Waals surface area (Å²) >= 11 is 1.04. The molecule has 0 aliphatic rings. The molecule has 0 unspecified atom stereocenters. The third kappa shape index (κ3) is 8.99. The lowest BCUT2D eigenvalue weighted by atomic mass is 10.2. The molecule has 0 fully saturated rings. The van der Waals surface area contributed by atoms with Crippen molar-refractivity contribution in [2.45, 2.75) is 52.7 Å².